The minimum Gasteiger partial charge on any atom is -0.311 e. The molecule has 0 saturated heterocycles. The summed E-state index contributed by atoms with van der Waals surface area (Å²) in [5, 5.41) is 4.15. The number of rotatable bonds is 5. The third-order valence-corrected chi connectivity index (χ3v) is 4.03. The van der Waals surface area contributed by atoms with Gasteiger partial charge >= 0.3 is 6.18 Å². The first kappa shape index (κ1) is 15.3. The van der Waals surface area contributed by atoms with Crippen molar-refractivity contribution < 1.29 is 13.2 Å². The van der Waals surface area contributed by atoms with Gasteiger partial charge in [-0.1, -0.05) is 6.07 Å². The summed E-state index contributed by atoms with van der Waals surface area (Å²) in [4.78, 5) is 3.13. The zero-order chi connectivity index (χ0) is 14.8. The number of alkyl halides is 3. The molecule has 0 bridgehead atoms. The molecule has 2 nitrogen and oxygen atoms in total. The predicted molar refractivity (Wildman–Crippen MR) is 77.1 cm³/mol. The Hall–Kier alpha value is -1.11. The lowest BCUT2D eigenvalue weighted by Crippen LogP contribution is -2.25. The maximum Gasteiger partial charge on any atom is 0.416 e. The molecule has 0 aliphatic rings. The van der Waals surface area contributed by atoms with Gasteiger partial charge in [-0.05, 0) is 37.7 Å². The maximum absolute atomic E-state index is 12.6. The molecule has 0 amide bonds. The molecular formula is C14H17F3N2S. The van der Waals surface area contributed by atoms with Gasteiger partial charge in [-0.15, -0.1) is 11.3 Å². The summed E-state index contributed by atoms with van der Waals surface area (Å²) in [6.45, 7) is 2.48. The molecule has 2 aromatic rings. The first-order chi connectivity index (χ1) is 9.36. The van der Waals surface area contributed by atoms with Crippen LogP contribution in [0.15, 0.2) is 24.3 Å². The van der Waals surface area contributed by atoms with Crippen molar-refractivity contribution in [2.45, 2.75) is 12.7 Å². The van der Waals surface area contributed by atoms with Crippen molar-refractivity contribution in [3.8, 4) is 0 Å². The van der Waals surface area contributed by atoms with Gasteiger partial charge in [0.1, 0.15) is 0 Å². The van der Waals surface area contributed by atoms with Crippen LogP contribution in [0.2, 0.25) is 0 Å². The van der Waals surface area contributed by atoms with Crippen molar-refractivity contribution in [3.05, 3.63) is 34.7 Å². The van der Waals surface area contributed by atoms with Crippen molar-refractivity contribution in [3.63, 3.8) is 0 Å². The Morgan fingerprint density at radius 1 is 1.20 bits per heavy atom. The second-order valence-electron chi connectivity index (χ2n) is 4.94. The van der Waals surface area contributed by atoms with Crippen LogP contribution >= 0.6 is 11.3 Å². The molecule has 1 N–H and O–H groups in total. The molecule has 0 radical (unpaired) electrons. The van der Waals surface area contributed by atoms with Crippen LogP contribution in [0.1, 0.15) is 10.4 Å². The standard InChI is InChI=1S/C14H17F3N2S/c1-19(2)6-5-18-9-12-7-10-3-4-11(14(15,16)17)8-13(10)20-12/h3-4,7-8,18H,5-6,9H2,1-2H3. The quantitative estimate of drug-likeness (QED) is 0.849. The van der Waals surface area contributed by atoms with Gasteiger partial charge in [0.05, 0.1) is 5.56 Å². The average Bonchev–Trinajstić information content (AvgIpc) is 2.74. The normalized spacial score (nSPS) is 12.5. The van der Waals surface area contributed by atoms with E-state index < -0.39 is 11.7 Å². The number of nitrogens with one attached hydrogen (secondary N) is 1. The fourth-order valence-corrected chi connectivity index (χ4v) is 2.94. The summed E-state index contributed by atoms with van der Waals surface area (Å²) in [7, 11) is 4.00. The minimum atomic E-state index is -4.28. The average molecular weight is 302 g/mol. The number of thiophene rings is 1. The fraction of sp³-hybridized carbons (Fsp3) is 0.429. The van der Waals surface area contributed by atoms with E-state index in [1.807, 2.05) is 20.2 Å². The predicted octanol–water partition coefficient (Wildman–Crippen LogP) is 3.57. The fourth-order valence-electron chi connectivity index (χ4n) is 1.86. The highest BCUT2D eigenvalue weighted by Crippen LogP contribution is 2.34. The number of fused-ring (bicyclic) bond motifs is 1. The molecule has 0 spiro atoms. The topological polar surface area (TPSA) is 15.3 Å². The van der Waals surface area contributed by atoms with E-state index in [0.717, 1.165) is 29.4 Å². The molecule has 1 aromatic carbocycles. The third-order valence-electron chi connectivity index (χ3n) is 2.93. The Balaban J connectivity index is 2.06. The molecule has 6 heteroatoms. The molecular weight excluding hydrogens is 285 g/mol. The van der Waals surface area contributed by atoms with E-state index in [4.69, 9.17) is 0 Å². The summed E-state index contributed by atoms with van der Waals surface area (Å²) in [5.41, 5.74) is -0.584. The molecule has 1 aromatic heterocycles. The van der Waals surface area contributed by atoms with E-state index in [-0.39, 0.29) is 0 Å². The molecule has 2 rings (SSSR count). The van der Waals surface area contributed by atoms with Crippen LogP contribution in [0.25, 0.3) is 10.1 Å². The van der Waals surface area contributed by atoms with Crippen LogP contribution in [0.4, 0.5) is 13.2 Å². The zero-order valence-electron chi connectivity index (χ0n) is 11.4. The van der Waals surface area contributed by atoms with Crippen molar-refractivity contribution in [2.24, 2.45) is 0 Å². The number of halogens is 3. The lowest BCUT2D eigenvalue weighted by atomic mass is 10.1. The molecule has 0 saturated carbocycles. The molecule has 0 unspecified atom stereocenters. The highest BCUT2D eigenvalue weighted by Gasteiger charge is 2.30. The van der Waals surface area contributed by atoms with Gasteiger partial charge in [-0.3, -0.25) is 0 Å². The van der Waals surface area contributed by atoms with E-state index in [2.05, 4.69) is 10.2 Å². The zero-order valence-corrected chi connectivity index (χ0v) is 12.2. The van der Waals surface area contributed by atoms with Crippen molar-refractivity contribution in [1.82, 2.24) is 10.2 Å². The van der Waals surface area contributed by atoms with Gasteiger partial charge < -0.3 is 10.2 Å². The first-order valence-electron chi connectivity index (χ1n) is 6.31. The Morgan fingerprint density at radius 2 is 1.95 bits per heavy atom. The Bertz CT molecular complexity index is 575. The van der Waals surface area contributed by atoms with E-state index >= 15 is 0 Å². The Kier molecular flexibility index (Phi) is 4.67. The van der Waals surface area contributed by atoms with Gasteiger partial charge in [0.15, 0.2) is 0 Å². The summed E-state index contributed by atoms with van der Waals surface area (Å²) < 4.78 is 38.6. The van der Waals surface area contributed by atoms with Crippen LogP contribution in [0, 0.1) is 0 Å². The van der Waals surface area contributed by atoms with Gasteiger partial charge in [-0.2, -0.15) is 13.2 Å². The maximum atomic E-state index is 12.6. The summed E-state index contributed by atoms with van der Waals surface area (Å²) in [6.07, 6.45) is -4.28. The van der Waals surface area contributed by atoms with Crippen molar-refractivity contribution >= 4 is 21.4 Å². The van der Waals surface area contributed by atoms with Crippen LogP contribution < -0.4 is 5.32 Å². The summed E-state index contributed by atoms with van der Waals surface area (Å²) in [5.74, 6) is 0. The molecule has 110 valence electrons. The number of hydrogen-bond donors (Lipinski definition) is 1. The Labute approximate surface area is 120 Å². The molecule has 0 fully saturated rings. The van der Waals surface area contributed by atoms with Gasteiger partial charge in [0.2, 0.25) is 0 Å². The molecule has 0 atom stereocenters. The lowest BCUT2D eigenvalue weighted by molar-refractivity contribution is -0.137. The van der Waals surface area contributed by atoms with Gasteiger partial charge in [0, 0.05) is 29.2 Å². The van der Waals surface area contributed by atoms with Crippen molar-refractivity contribution in [2.75, 3.05) is 27.2 Å². The summed E-state index contributed by atoms with van der Waals surface area (Å²) in [6, 6.07) is 5.85. The molecule has 0 aliphatic heterocycles. The second-order valence-corrected chi connectivity index (χ2v) is 6.11. The van der Waals surface area contributed by atoms with E-state index in [9.17, 15) is 13.2 Å². The smallest absolute Gasteiger partial charge is 0.311 e. The second kappa shape index (κ2) is 6.11. The van der Waals surface area contributed by atoms with E-state index in [1.54, 1.807) is 0 Å². The van der Waals surface area contributed by atoms with Crippen LogP contribution in [0.5, 0.6) is 0 Å². The first-order valence-corrected chi connectivity index (χ1v) is 7.13. The molecule has 20 heavy (non-hydrogen) atoms. The van der Waals surface area contributed by atoms with Gasteiger partial charge in [0.25, 0.3) is 0 Å². The van der Waals surface area contributed by atoms with E-state index in [1.165, 1.54) is 23.5 Å². The molecule has 0 aliphatic carbocycles. The molecule has 1 heterocycles. The van der Waals surface area contributed by atoms with Crippen molar-refractivity contribution in [1.29, 1.82) is 0 Å². The highest BCUT2D eigenvalue weighted by atomic mass is 32.1. The van der Waals surface area contributed by atoms with Crippen LogP contribution in [-0.4, -0.2) is 32.1 Å². The third kappa shape index (κ3) is 3.94. The van der Waals surface area contributed by atoms with Crippen LogP contribution in [-0.2, 0) is 12.7 Å². The largest absolute Gasteiger partial charge is 0.416 e. The van der Waals surface area contributed by atoms with Crippen LogP contribution in [0.3, 0.4) is 0 Å². The number of benzene rings is 1. The summed E-state index contributed by atoms with van der Waals surface area (Å²) >= 11 is 1.41. The lowest BCUT2D eigenvalue weighted by Gasteiger charge is -2.09. The number of nitrogens with zero attached hydrogens (tertiary/aromatic N) is 1. The minimum absolute atomic E-state index is 0.584. The SMILES string of the molecule is CN(C)CCNCc1cc2ccc(C(F)(F)F)cc2s1. The van der Waals surface area contributed by atoms with E-state index in [0.29, 0.717) is 11.2 Å². The highest BCUT2D eigenvalue weighted by molar-refractivity contribution is 7.19. The van der Waals surface area contributed by atoms with Gasteiger partial charge in [-0.25, -0.2) is 0 Å². The Morgan fingerprint density at radius 3 is 2.60 bits per heavy atom. The monoisotopic (exact) mass is 302 g/mol. The number of hydrogen-bond acceptors (Lipinski definition) is 3. The number of likely N-dealkylation sites (N-methyl/N-ethyl adjacent to an activating group) is 1.